The molecule has 2 N–H and O–H groups in total. The lowest BCUT2D eigenvalue weighted by molar-refractivity contribution is 0.595. The van der Waals surface area contributed by atoms with Crippen LogP contribution in [0.5, 0.6) is 0 Å². The van der Waals surface area contributed by atoms with Gasteiger partial charge in [0.25, 0.3) is 0 Å². The van der Waals surface area contributed by atoms with Gasteiger partial charge in [0, 0.05) is 24.1 Å². The number of hydrogen-bond acceptors (Lipinski definition) is 4. The first kappa shape index (κ1) is 16.6. The zero-order chi connectivity index (χ0) is 14.1. The number of hydrogen-bond donors (Lipinski definition) is 2. The van der Waals surface area contributed by atoms with Crippen molar-refractivity contribution in [2.75, 3.05) is 36.9 Å². The van der Waals surface area contributed by atoms with E-state index >= 15 is 0 Å². The molecule has 0 aromatic rings. The van der Waals surface area contributed by atoms with Gasteiger partial charge in [-0.1, -0.05) is 6.92 Å². The lowest BCUT2D eigenvalue weighted by atomic mass is 10.2. The van der Waals surface area contributed by atoms with Crippen LogP contribution in [0.1, 0.15) is 26.7 Å². The van der Waals surface area contributed by atoms with Crippen LogP contribution in [0.25, 0.3) is 0 Å². The van der Waals surface area contributed by atoms with E-state index in [-0.39, 0.29) is 11.5 Å². The van der Waals surface area contributed by atoms with Gasteiger partial charge in [0.2, 0.25) is 0 Å². The molecule has 19 heavy (non-hydrogen) atoms. The Labute approximate surface area is 120 Å². The average Bonchev–Trinajstić information content (AvgIpc) is 2.89. The predicted molar refractivity (Wildman–Crippen MR) is 83.8 cm³/mol. The average molecular weight is 307 g/mol. The van der Waals surface area contributed by atoms with E-state index in [9.17, 15) is 8.42 Å². The molecule has 0 bridgehead atoms. The molecule has 0 aliphatic carbocycles. The van der Waals surface area contributed by atoms with E-state index in [1.54, 1.807) is 6.92 Å². The first-order valence-electron chi connectivity index (χ1n) is 6.91. The summed E-state index contributed by atoms with van der Waals surface area (Å²) in [6, 6.07) is 0. The highest BCUT2D eigenvalue weighted by molar-refractivity contribution is 8.00. The standard InChI is InChI=1S/C12H25N3O2S2/c1-3-13-12(14-7-9-19(16,17)4-2)15-10-11-6-5-8-18-11/h11H,3-10H2,1-2H3,(H2,13,14,15). The van der Waals surface area contributed by atoms with Crippen molar-refractivity contribution in [1.29, 1.82) is 0 Å². The van der Waals surface area contributed by atoms with E-state index in [0.717, 1.165) is 19.0 Å². The van der Waals surface area contributed by atoms with Crippen LogP contribution < -0.4 is 10.6 Å². The molecule has 7 heteroatoms. The third kappa shape index (κ3) is 7.06. The van der Waals surface area contributed by atoms with Crippen molar-refractivity contribution < 1.29 is 8.42 Å². The SMILES string of the molecule is CCNC(=NCC1CCCS1)NCCS(=O)(=O)CC. The van der Waals surface area contributed by atoms with Gasteiger partial charge in [0.1, 0.15) is 0 Å². The molecule has 1 aliphatic rings. The summed E-state index contributed by atoms with van der Waals surface area (Å²) in [4.78, 5) is 4.52. The van der Waals surface area contributed by atoms with Crippen molar-refractivity contribution >= 4 is 27.6 Å². The van der Waals surface area contributed by atoms with Gasteiger partial charge < -0.3 is 10.6 Å². The Bertz CT molecular complexity index is 376. The quantitative estimate of drug-likeness (QED) is 0.539. The summed E-state index contributed by atoms with van der Waals surface area (Å²) in [5, 5.41) is 6.85. The van der Waals surface area contributed by atoms with Gasteiger partial charge >= 0.3 is 0 Å². The van der Waals surface area contributed by atoms with E-state index < -0.39 is 9.84 Å². The van der Waals surface area contributed by atoms with Gasteiger partial charge in [-0.05, 0) is 25.5 Å². The van der Waals surface area contributed by atoms with Crippen molar-refractivity contribution in [3.05, 3.63) is 0 Å². The van der Waals surface area contributed by atoms with Crippen LogP contribution in [0, 0.1) is 0 Å². The molecule has 0 radical (unpaired) electrons. The largest absolute Gasteiger partial charge is 0.357 e. The fourth-order valence-corrected chi connectivity index (χ4v) is 3.67. The van der Waals surface area contributed by atoms with Crippen LogP contribution in [-0.2, 0) is 9.84 Å². The summed E-state index contributed by atoms with van der Waals surface area (Å²) in [6.45, 7) is 5.68. The van der Waals surface area contributed by atoms with Gasteiger partial charge in [-0.15, -0.1) is 0 Å². The summed E-state index contributed by atoms with van der Waals surface area (Å²) in [5.74, 6) is 2.31. The van der Waals surface area contributed by atoms with Crippen LogP contribution in [-0.4, -0.2) is 56.5 Å². The smallest absolute Gasteiger partial charge is 0.191 e. The topological polar surface area (TPSA) is 70.6 Å². The monoisotopic (exact) mass is 307 g/mol. The minimum Gasteiger partial charge on any atom is -0.357 e. The highest BCUT2D eigenvalue weighted by Gasteiger charge is 2.15. The van der Waals surface area contributed by atoms with Crippen LogP contribution in [0.2, 0.25) is 0 Å². The number of rotatable bonds is 7. The van der Waals surface area contributed by atoms with Gasteiger partial charge in [-0.25, -0.2) is 8.42 Å². The number of guanidine groups is 1. The maximum atomic E-state index is 11.4. The molecule has 112 valence electrons. The van der Waals surface area contributed by atoms with Crippen molar-refractivity contribution in [3.8, 4) is 0 Å². The first-order valence-corrected chi connectivity index (χ1v) is 9.78. The van der Waals surface area contributed by atoms with Gasteiger partial charge in [0.05, 0.1) is 12.3 Å². The molecule has 1 unspecified atom stereocenters. The third-order valence-electron chi connectivity index (χ3n) is 2.97. The predicted octanol–water partition coefficient (Wildman–Crippen LogP) is 0.872. The number of thioether (sulfide) groups is 1. The molecule has 1 aliphatic heterocycles. The van der Waals surface area contributed by atoms with E-state index in [2.05, 4.69) is 15.6 Å². The molecular formula is C12H25N3O2S2. The molecule has 5 nitrogen and oxygen atoms in total. The van der Waals surface area contributed by atoms with Crippen LogP contribution in [0.3, 0.4) is 0 Å². The highest BCUT2D eigenvalue weighted by Crippen LogP contribution is 2.25. The minimum atomic E-state index is -2.91. The summed E-state index contributed by atoms with van der Waals surface area (Å²) in [6.07, 6.45) is 2.52. The number of aliphatic imine (C=N–C) groups is 1. The molecule has 0 spiro atoms. The second-order valence-electron chi connectivity index (χ2n) is 4.52. The Hall–Kier alpha value is -0.430. The Balaban J connectivity index is 2.36. The van der Waals surface area contributed by atoms with E-state index in [0.29, 0.717) is 11.8 Å². The second kappa shape index (κ2) is 8.68. The molecular weight excluding hydrogens is 282 g/mol. The summed E-state index contributed by atoms with van der Waals surface area (Å²) in [5.41, 5.74) is 0. The zero-order valence-electron chi connectivity index (χ0n) is 11.8. The highest BCUT2D eigenvalue weighted by atomic mass is 32.2. The van der Waals surface area contributed by atoms with Crippen molar-refractivity contribution in [1.82, 2.24) is 10.6 Å². The van der Waals surface area contributed by atoms with Crippen LogP contribution in [0.15, 0.2) is 4.99 Å². The lowest BCUT2D eigenvalue weighted by Gasteiger charge is -2.12. The molecule has 1 heterocycles. The Kier molecular flexibility index (Phi) is 7.60. The van der Waals surface area contributed by atoms with E-state index in [4.69, 9.17) is 0 Å². The van der Waals surface area contributed by atoms with Crippen molar-refractivity contribution in [2.24, 2.45) is 4.99 Å². The fraction of sp³-hybridized carbons (Fsp3) is 0.917. The molecule has 1 rings (SSSR count). The van der Waals surface area contributed by atoms with Gasteiger partial charge in [-0.3, -0.25) is 4.99 Å². The zero-order valence-corrected chi connectivity index (χ0v) is 13.4. The van der Waals surface area contributed by atoms with Crippen LogP contribution in [0.4, 0.5) is 0 Å². The fourth-order valence-electron chi connectivity index (χ4n) is 1.79. The lowest BCUT2D eigenvalue weighted by Crippen LogP contribution is -2.40. The van der Waals surface area contributed by atoms with Gasteiger partial charge in [0.15, 0.2) is 15.8 Å². The molecule has 1 fully saturated rings. The number of sulfone groups is 1. The number of nitrogens with zero attached hydrogens (tertiary/aromatic N) is 1. The van der Waals surface area contributed by atoms with E-state index in [1.165, 1.54) is 18.6 Å². The third-order valence-corrected chi connectivity index (χ3v) is 6.05. The molecule has 0 amide bonds. The Morgan fingerprint density at radius 2 is 2.16 bits per heavy atom. The summed E-state index contributed by atoms with van der Waals surface area (Å²) >= 11 is 1.98. The summed E-state index contributed by atoms with van der Waals surface area (Å²) in [7, 11) is -2.91. The summed E-state index contributed by atoms with van der Waals surface area (Å²) < 4.78 is 22.8. The molecule has 0 saturated carbocycles. The minimum absolute atomic E-state index is 0.159. The maximum absolute atomic E-state index is 11.4. The molecule has 1 atom stereocenters. The molecule has 0 aromatic heterocycles. The Morgan fingerprint density at radius 3 is 2.74 bits per heavy atom. The van der Waals surface area contributed by atoms with Gasteiger partial charge in [-0.2, -0.15) is 11.8 Å². The Morgan fingerprint density at radius 1 is 1.37 bits per heavy atom. The number of nitrogens with one attached hydrogen (secondary N) is 2. The normalized spacial score (nSPS) is 20.5. The first-order chi connectivity index (χ1) is 9.07. The van der Waals surface area contributed by atoms with Crippen LogP contribution >= 0.6 is 11.8 Å². The van der Waals surface area contributed by atoms with Crippen molar-refractivity contribution in [3.63, 3.8) is 0 Å². The maximum Gasteiger partial charge on any atom is 0.191 e. The second-order valence-corrected chi connectivity index (χ2v) is 8.40. The molecule has 1 saturated heterocycles. The van der Waals surface area contributed by atoms with Crippen molar-refractivity contribution in [2.45, 2.75) is 31.9 Å². The van der Waals surface area contributed by atoms with E-state index in [1.807, 2.05) is 18.7 Å². The molecule has 0 aromatic carbocycles.